The lowest BCUT2D eigenvalue weighted by molar-refractivity contribution is -0.273. The number of hydrogen-bond donors (Lipinski definition) is 0. The van der Waals surface area contributed by atoms with Gasteiger partial charge >= 0.3 is 5.97 Å². The molecule has 6 fully saturated rings. The Hall–Kier alpha value is -0.610. The Morgan fingerprint density at radius 1 is 0.850 bits per heavy atom. The zero-order chi connectivity index (χ0) is 28.1. The fraction of sp³-hybridized carbons (Fsp3) is 0.972. The summed E-state index contributed by atoms with van der Waals surface area (Å²) in [6.07, 6.45) is 20.9. The predicted octanol–water partition coefficient (Wildman–Crippen LogP) is 9.10. The summed E-state index contributed by atoms with van der Waals surface area (Å²) in [7, 11) is 0. The van der Waals surface area contributed by atoms with Gasteiger partial charge in [0.2, 0.25) is 0 Å². The van der Waals surface area contributed by atoms with Crippen LogP contribution < -0.4 is 0 Å². The summed E-state index contributed by atoms with van der Waals surface area (Å²) in [4.78, 5) is 12.6. The van der Waals surface area contributed by atoms with Crippen molar-refractivity contribution in [1.82, 2.24) is 0 Å². The molecule has 2 saturated heterocycles. The molecule has 1 spiro atoms. The van der Waals surface area contributed by atoms with Crippen LogP contribution in [0.1, 0.15) is 144 Å². The lowest BCUT2D eigenvalue weighted by Gasteiger charge is -2.61. The number of rotatable bonds is 8. The van der Waals surface area contributed by atoms with Gasteiger partial charge in [-0.15, -0.1) is 0 Å². The van der Waals surface area contributed by atoms with Crippen molar-refractivity contribution >= 4 is 5.97 Å². The minimum Gasteiger partial charge on any atom is -0.462 e. The first-order valence-corrected chi connectivity index (χ1v) is 17.7. The van der Waals surface area contributed by atoms with E-state index in [0.29, 0.717) is 41.1 Å². The second kappa shape index (κ2) is 11.5. The molecule has 6 rings (SSSR count). The van der Waals surface area contributed by atoms with Gasteiger partial charge in [0.25, 0.3) is 0 Å². The van der Waals surface area contributed by atoms with E-state index in [1.807, 2.05) is 0 Å². The van der Waals surface area contributed by atoms with Gasteiger partial charge in [-0.25, -0.2) is 0 Å². The van der Waals surface area contributed by atoms with Crippen molar-refractivity contribution in [2.75, 3.05) is 6.61 Å². The van der Waals surface area contributed by atoms with Gasteiger partial charge in [-0.2, -0.15) is 0 Å². The average molecular weight is 557 g/mol. The predicted molar refractivity (Wildman–Crippen MR) is 160 cm³/mol. The number of ether oxygens (including phenoxy) is 3. The fourth-order valence-electron chi connectivity index (χ4n) is 11.6. The summed E-state index contributed by atoms with van der Waals surface area (Å²) >= 11 is 0. The number of carbonyl (C=O) groups is 1. The molecule has 2 heterocycles. The van der Waals surface area contributed by atoms with Crippen molar-refractivity contribution in [3.05, 3.63) is 0 Å². The minimum atomic E-state index is -0.304. The van der Waals surface area contributed by atoms with Crippen molar-refractivity contribution in [2.45, 2.75) is 162 Å². The molecule has 0 aromatic heterocycles. The molecule has 4 aliphatic carbocycles. The molecule has 228 valence electrons. The van der Waals surface area contributed by atoms with Crippen LogP contribution in [-0.4, -0.2) is 30.6 Å². The third kappa shape index (κ3) is 5.01. The van der Waals surface area contributed by atoms with Crippen LogP contribution in [0.2, 0.25) is 0 Å². The third-order valence-electron chi connectivity index (χ3n) is 13.9. The highest BCUT2D eigenvalue weighted by atomic mass is 16.7. The second-order valence-electron chi connectivity index (χ2n) is 16.1. The van der Waals surface area contributed by atoms with Crippen molar-refractivity contribution < 1.29 is 19.0 Å². The maximum atomic E-state index is 12.6. The zero-order valence-corrected chi connectivity index (χ0v) is 26.6. The summed E-state index contributed by atoms with van der Waals surface area (Å²) in [5, 5.41) is 0. The molecule has 0 bridgehead atoms. The highest BCUT2D eigenvalue weighted by molar-refractivity contribution is 5.69. The summed E-state index contributed by atoms with van der Waals surface area (Å²) in [5.74, 6) is 4.77. The molecule has 0 aromatic rings. The SMILES string of the molecule is CCCCCCCCC(=O)OC1CCC2(C)C(CCC3C2CCC2(C)C3CC3OC4(CCC(C)CO4)C(C)C32)C1. The van der Waals surface area contributed by atoms with E-state index in [2.05, 4.69) is 34.6 Å². The summed E-state index contributed by atoms with van der Waals surface area (Å²) in [6.45, 7) is 13.2. The Morgan fingerprint density at radius 3 is 2.40 bits per heavy atom. The van der Waals surface area contributed by atoms with E-state index in [9.17, 15) is 4.79 Å². The lowest BCUT2D eigenvalue weighted by atomic mass is 9.44. The van der Waals surface area contributed by atoms with E-state index in [4.69, 9.17) is 14.2 Å². The van der Waals surface area contributed by atoms with Gasteiger partial charge in [-0.05, 0) is 111 Å². The maximum Gasteiger partial charge on any atom is 0.306 e. The van der Waals surface area contributed by atoms with E-state index in [-0.39, 0.29) is 17.9 Å². The van der Waals surface area contributed by atoms with Crippen LogP contribution in [0, 0.1) is 52.3 Å². The van der Waals surface area contributed by atoms with E-state index in [1.54, 1.807) is 0 Å². The number of carbonyl (C=O) groups excluding carboxylic acids is 1. The van der Waals surface area contributed by atoms with E-state index in [0.717, 1.165) is 56.0 Å². The van der Waals surface area contributed by atoms with Gasteiger partial charge in [0.05, 0.1) is 12.7 Å². The number of esters is 1. The summed E-state index contributed by atoms with van der Waals surface area (Å²) in [5.41, 5.74) is 0.814. The van der Waals surface area contributed by atoms with Gasteiger partial charge in [-0.3, -0.25) is 4.79 Å². The van der Waals surface area contributed by atoms with Crippen molar-refractivity contribution in [2.24, 2.45) is 52.3 Å². The molecule has 4 heteroatoms. The minimum absolute atomic E-state index is 0.0620. The third-order valence-corrected chi connectivity index (χ3v) is 13.9. The molecular formula is C36H60O4. The average Bonchev–Trinajstić information content (AvgIpc) is 3.38. The fourth-order valence-corrected chi connectivity index (χ4v) is 11.6. The molecule has 4 saturated carbocycles. The van der Waals surface area contributed by atoms with Crippen LogP contribution >= 0.6 is 0 Å². The maximum absolute atomic E-state index is 12.6. The van der Waals surface area contributed by atoms with Crippen LogP contribution in [0.4, 0.5) is 0 Å². The van der Waals surface area contributed by atoms with E-state index < -0.39 is 0 Å². The topological polar surface area (TPSA) is 44.8 Å². The largest absolute Gasteiger partial charge is 0.462 e. The number of hydrogen-bond acceptors (Lipinski definition) is 4. The van der Waals surface area contributed by atoms with Crippen molar-refractivity contribution in [1.29, 1.82) is 0 Å². The molecule has 0 amide bonds. The summed E-state index contributed by atoms with van der Waals surface area (Å²) < 4.78 is 19.6. The van der Waals surface area contributed by atoms with Gasteiger partial charge in [0.1, 0.15) is 6.10 Å². The molecule has 40 heavy (non-hydrogen) atoms. The molecule has 4 nitrogen and oxygen atoms in total. The Kier molecular flexibility index (Phi) is 8.45. The molecule has 12 atom stereocenters. The van der Waals surface area contributed by atoms with Crippen molar-refractivity contribution in [3.63, 3.8) is 0 Å². The van der Waals surface area contributed by atoms with E-state index in [1.165, 1.54) is 77.0 Å². The Labute approximate surface area is 245 Å². The van der Waals surface area contributed by atoms with Crippen LogP contribution in [-0.2, 0) is 19.0 Å². The zero-order valence-electron chi connectivity index (χ0n) is 26.6. The van der Waals surface area contributed by atoms with E-state index >= 15 is 0 Å². The van der Waals surface area contributed by atoms with Crippen LogP contribution in [0.15, 0.2) is 0 Å². The smallest absolute Gasteiger partial charge is 0.306 e. The highest BCUT2D eigenvalue weighted by Gasteiger charge is 2.69. The molecule has 0 aromatic carbocycles. The highest BCUT2D eigenvalue weighted by Crippen LogP contribution is 2.71. The second-order valence-corrected chi connectivity index (χ2v) is 16.1. The molecule has 12 unspecified atom stereocenters. The van der Waals surface area contributed by atoms with Gasteiger partial charge in [0, 0.05) is 18.8 Å². The lowest BCUT2D eigenvalue weighted by Crippen LogP contribution is -2.55. The quantitative estimate of drug-likeness (QED) is 0.221. The van der Waals surface area contributed by atoms with Crippen molar-refractivity contribution in [3.8, 4) is 0 Å². The van der Waals surface area contributed by atoms with Crippen LogP contribution in [0.5, 0.6) is 0 Å². The Morgan fingerprint density at radius 2 is 1.62 bits per heavy atom. The van der Waals surface area contributed by atoms with Gasteiger partial charge in [0.15, 0.2) is 5.79 Å². The first-order chi connectivity index (χ1) is 19.2. The van der Waals surface area contributed by atoms with Crippen LogP contribution in [0.25, 0.3) is 0 Å². The van der Waals surface area contributed by atoms with Crippen LogP contribution in [0.3, 0.4) is 0 Å². The molecule has 0 radical (unpaired) electrons. The molecule has 2 aliphatic heterocycles. The van der Waals surface area contributed by atoms with Gasteiger partial charge < -0.3 is 14.2 Å². The monoisotopic (exact) mass is 556 g/mol. The molecule has 6 aliphatic rings. The standard InChI is InChI=1S/C36H60O4/c1-6-7-8-9-10-11-12-32(37)39-27-16-18-34(4)26(21-27)13-14-28-29(34)17-19-35(5)30(28)22-31-33(35)25(3)36(40-31)20-15-24(2)23-38-36/h24-31,33H,6-23H2,1-5H3. The Bertz CT molecular complexity index is 893. The molecule has 0 N–H and O–H groups in total. The first kappa shape index (κ1) is 29.5. The van der Waals surface area contributed by atoms with Gasteiger partial charge in [-0.1, -0.05) is 66.7 Å². The first-order valence-electron chi connectivity index (χ1n) is 17.7. The number of unbranched alkanes of at least 4 members (excludes halogenated alkanes) is 5. The molecular weight excluding hydrogens is 496 g/mol. The Balaban J connectivity index is 1.05. The summed E-state index contributed by atoms with van der Waals surface area (Å²) in [6, 6.07) is 0. The normalized spacial score (nSPS) is 49.7. The number of fused-ring (bicyclic) bond motifs is 7.